The molecule has 2 nitrogen and oxygen atoms in total. The SMILES string of the molecule is COc1ccc(C(O)CS)cc1C(C)(C)C. The van der Waals surface area contributed by atoms with Crippen LogP contribution < -0.4 is 4.74 Å². The molecule has 16 heavy (non-hydrogen) atoms. The van der Waals surface area contributed by atoms with Crippen LogP contribution in [0.15, 0.2) is 18.2 Å². The van der Waals surface area contributed by atoms with Crippen molar-refractivity contribution in [3.8, 4) is 5.75 Å². The second-order valence-corrected chi connectivity index (χ2v) is 5.27. The predicted molar refractivity (Wildman–Crippen MR) is 70.5 cm³/mol. The van der Waals surface area contributed by atoms with Crippen LogP contribution in [0.1, 0.15) is 38.0 Å². The molecule has 0 aliphatic rings. The molecule has 1 atom stereocenters. The van der Waals surface area contributed by atoms with Crippen molar-refractivity contribution in [3.05, 3.63) is 29.3 Å². The summed E-state index contributed by atoms with van der Waals surface area (Å²) >= 11 is 4.10. The van der Waals surface area contributed by atoms with Gasteiger partial charge in [-0.25, -0.2) is 0 Å². The van der Waals surface area contributed by atoms with E-state index in [-0.39, 0.29) is 5.41 Å². The first-order valence-electron chi connectivity index (χ1n) is 5.37. The van der Waals surface area contributed by atoms with Gasteiger partial charge >= 0.3 is 0 Å². The van der Waals surface area contributed by atoms with Crippen molar-refractivity contribution in [1.82, 2.24) is 0 Å². The molecular formula is C13H20O2S. The van der Waals surface area contributed by atoms with Crippen LogP contribution in [0.5, 0.6) is 5.75 Å². The zero-order valence-electron chi connectivity index (χ0n) is 10.3. The summed E-state index contributed by atoms with van der Waals surface area (Å²) in [5.74, 6) is 1.29. The Morgan fingerprint density at radius 2 is 2.00 bits per heavy atom. The topological polar surface area (TPSA) is 29.5 Å². The molecule has 0 fully saturated rings. The van der Waals surface area contributed by atoms with Crippen LogP contribution in [-0.4, -0.2) is 18.0 Å². The van der Waals surface area contributed by atoms with E-state index in [2.05, 4.69) is 33.4 Å². The van der Waals surface area contributed by atoms with E-state index in [0.717, 1.165) is 16.9 Å². The van der Waals surface area contributed by atoms with Crippen molar-refractivity contribution >= 4 is 12.6 Å². The molecule has 1 aromatic rings. The van der Waals surface area contributed by atoms with Crippen LogP contribution in [0.4, 0.5) is 0 Å². The van der Waals surface area contributed by atoms with Crippen LogP contribution in [0.2, 0.25) is 0 Å². The summed E-state index contributed by atoms with van der Waals surface area (Å²) < 4.78 is 5.34. The lowest BCUT2D eigenvalue weighted by atomic mass is 9.85. The van der Waals surface area contributed by atoms with E-state index >= 15 is 0 Å². The minimum Gasteiger partial charge on any atom is -0.496 e. The Bertz CT molecular complexity index is 355. The molecule has 0 aliphatic carbocycles. The van der Waals surface area contributed by atoms with Gasteiger partial charge in [0.2, 0.25) is 0 Å². The van der Waals surface area contributed by atoms with Crippen molar-refractivity contribution in [2.24, 2.45) is 0 Å². The Balaban J connectivity index is 3.22. The minimum atomic E-state index is -0.518. The summed E-state index contributed by atoms with van der Waals surface area (Å²) in [6, 6.07) is 5.79. The van der Waals surface area contributed by atoms with Gasteiger partial charge in [0.25, 0.3) is 0 Å². The van der Waals surface area contributed by atoms with Gasteiger partial charge in [0.15, 0.2) is 0 Å². The van der Waals surface area contributed by atoms with Gasteiger partial charge in [-0.05, 0) is 28.7 Å². The van der Waals surface area contributed by atoms with Crippen molar-refractivity contribution in [3.63, 3.8) is 0 Å². The van der Waals surface area contributed by atoms with Crippen molar-refractivity contribution in [2.45, 2.75) is 32.3 Å². The third-order valence-corrected chi connectivity index (χ3v) is 2.94. The lowest BCUT2D eigenvalue weighted by Crippen LogP contribution is -2.14. The molecule has 0 aromatic heterocycles. The van der Waals surface area contributed by atoms with Crippen molar-refractivity contribution < 1.29 is 9.84 Å². The number of thiol groups is 1. The highest BCUT2D eigenvalue weighted by Gasteiger charge is 2.20. The summed E-state index contributed by atoms with van der Waals surface area (Å²) in [7, 11) is 1.67. The fraction of sp³-hybridized carbons (Fsp3) is 0.538. The monoisotopic (exact) mass is 240 g/mol. The van der Waals surface area contributed by atoms with Gasteiger partial charge < -0.3 is 9.84 Å². The van der Waals surface area contributed by atoms with Crippen molar-refractivity contribution in [1.29, 1.82) is 0 Å². The number of ether oxygens (including phenoxy) is 1. The third-order valence-electron chi connectivity index (χ3n) is 2.59. The first kappa shape index (κ1) is 13.4. The maximum atomic E-state index is 9.77. The average molecular weight is 240 g/mol. The molecular weight excluding hydrogens is 220 g/mol. The van der Waals surface area contributed by atoms with E-state index in [1.54, 1.807) is 7.11 Å². The maximum absolute atomic E-state index is 9.77. The normalized spacial score (nSPS) is 13.6. The van der Waals surface area contributed by atoms with Gasteiger partial charge in [0.05, 0.1) is 13.2 Å². The number of hydrogen-bond donors (Lipinski definition) is 2. The molecule has 90 valence electrons. The predicted octanol–water partition coefficient (Wildman–Crippen LogP) is 2.96. The number of benzene rings is 1. The van der Waals surface area contributed by atoms with Gasteiger partial charge in [-0.15, -0.1) is 0 Å². The zero-order chi connectivity index (χ0) is 12.3. The minimum absolute atomic E-state index is 0.00231. The van der Waals surface area contributed by atoms with Gasteiger partial charge in [0, 0.05) is 5.75 Å². The molecule has 1 unspecified atom stereocenters. The van der Waals surface area contributed by atoms with E-state index in [1.807, 2.05) is 18.2 Å². The maximum Gasteiger partial charge on any atom is 0.122 e. The third kappa shape index (κ3) is 2.92. The Labute approximate surface area is 103 Å². The first-order valence-corrected chi connectivity index (χ1v) is 6.00. The number of aliphatic hydroxyl groups is 1. The van der Waals surface area contributed by atoms with E-state index in [9.17, 15) is 5.11 Å². The average Bonchev–Trinajstić information content (AvgIpc) is 2.26. The van der Waals surface area contributed by atoms with Crippen LogP contribution in [0, 0.1) is 0 Å². The molecule has 0 aliphatic heterocycles. The number of methoxy groups -OCH3 is 1. The molecule has 0 saturated heterocycles. The molecule has 0 spiro atoms. The van der Waals surface area contributed by atoms with Gasteiger partial charge in [-0.1, -0.05) is 26.8 Å². The number of hydrogen-bond acceptors (Lipinski definition) is 3. The van der Waals surface area contributed by atoms with Gasteiger partial charge in [0.1, 0.15) is 5.75 Å². The summed E-state index contributed by atoms with van der Waals surface area (Å²) in [5, 5.41) is 9.77. The van der Waals surface area contributed by atoms with E-state index < -0.39 is 6.10 Å². The fourth-order valence-electron chi connectivity index (χ4n) is 1.62. The highest BCUT2D eigenvalue weighted by atomic mass is 32.1. The summed E-state index contributed by atoms with van der Waals surface area (Å²) in [5.41, 5.74) is 1.99. The second-order valence-electron chi connectivity index (χ2n) is 4.91. The molecule has 0 radical (unpaired) electrons. The van der Waals surface area contributed by atoms with E-state index in [1.165, 1.54) is 0 Å². The Morgan fingerprint density at radius 1 is 1.38 bits per heavy atom. The summed E-state index contributed by atoms with van der Waals surface area (Å²) in [6.45, 7) is 6.38. The molecule has 0 heterocycles. The highest BCUT2D eigenvalue weighted by molar-refractivity contribution is 7.80. The summed E-state index contributed by atoms with van der Waals surface area (Å²) in [6.07, 6.45) is -0.518. The fourth-order valence-corrected chi connectivity index (χ4v) is 1.84. The van der Waals surface area contributed by atoms with E-state index in [0.29, 0.717) is 5.75 Å². The lowest BCUT2D eigenvalue weighted by Gasteiger charge is -2.23. The Morgan fingerprint density at radius 3 is 2.44 bits per heavy atom. The Hall–Kier alpha value is -0.670. The molecule has 1 rings (SSSR count). The van der Waals surface area contributed by atoms with E-state index in [4.69, 9.17) is 4.74 Å². The molecule has 1 N–H and O–H groups in total. The van der Waals surface area contributed by atoms with Crippen molar-refractivity contribution in [2.75, 3.05) is 12.9 Å². The molecule has 1 aromatic carbocycles. The van der Waals surface area contributed by atoms with Crippen LogP contribution in [-0.2, 0) is 5.41 Å². The standard InChI is InChI=1S/C13H20O2S/c1-13(2,3)10-7-9(11(14)8-16)5-6-12(10)15-4/h5-7,11,14,16H,8H2,1-4H3. The van der Waals surface area contributed by atoms with Gasteiger partial charge in [-0.3, -0.25) is 0 Å². The number of rotatable bonds is 3. The zero-order valence-corrected chi connectivity index (χ0v) is 11.2. The van der Waals surface area contributed by atoms with Crippen LogP contribution in [0.3, 0.4) is 0 Å². The molecule has 0 saturated carbocycles. The smallest absolute Gasteiger partial charge is 0.122 e. The van der Waals surface area contributed by atoms with Gasteiger partial charge in [-0.2, -0.15) is 12.6 Å². The lowest BCUT2D eigenvalue weighted by molar-refractivity contribution is 0.204. The summed E-state index contributed by atoms with van der Waals surface area (Å²) in [4.78, 5) is 0. The molecule has 0 amide bonds. The number of aliphatic hydroxyl groups excluding tert-OH is 1. The Kier molecular flexibility index (Phi) is 4.28. The quantitative estimate of drug-likeness (QED) is 0.795. The highest BCUT2D eigenvalue weighted by Crippen LogP contribution is 2.33. The second kappa shape index (κ2) is 5.11. The van der Waals surface area contributed by atoms with Crippen LogP contribution in [0.25, 0.3) is 0 Å². The molecule has 3 heteroatoms. The largest absolute Gasteiger partial charge is 0.496 e. The van der Waals surface area contributed by atoms with Crippen LogP contribution >= 0.6 is 12.6 Å². The molecule has 0 bridgehead atoms. The first-order chi connectivity index (χ1) is 7.40.